The van der Waals surface area contributed by atoms with Crippen molar-refractivity contribution in [1.29, 1.82) is 0 Å². The lowest BCUT2D eigenvalue weighted by atomic mass is 10.1. The molecule has 0 aliphatic carbocycles. The van der Waals surface area contributed by atoms with E-state index >= 15 is 0 Å². The first kappa shape index (κ1) is 22.0. The van der Waals surface area contributed by atoms with Crippen LogP contribution in [0.1, 0.15) is 29.1 Å². The first-order chi connectivity index (χ1) is 15.0. The van der Waals surface area contributed by atoms with Crippen LogP contribution in [0.2, 0.25) is 0 Å². The molecule has 1 aromatic heterocycles. The zero-order valence-electron chi connectivity index (χ0n) is 17.7. The maximum Gasteiger partial charge on any atom is 0.271 e. The van der Waals surface area contributed by atoms with Crippen molar-refractivity contribution >= 4 is 5.91 Å². The third-order valence-corrected chi connectivity index (χ3v) is 4.54. The van der Waals surface area contributed by atoms with Crippen LogP contribution in [0.3, 0.4) is 0 Å². The van der Waals surface area contributed by atoms with Crippen molar-refractivity contribution in [3.8, 4) is 28.5 Å². The highest BCUT2D eigenvalue weighted by molar-refractivity contribution is 5.92. The predicted molar refractivity (Wildman–Crippen MR) is 115 cm³/mol. The monoisotopic (exact) mass is 423 g/mol. The maximum absolute atomic E-state index is 12.6. The summed E-state index contributed by atoms with van der Waals surface area (Å²) >= 11 is 0. The molecule has 8 nitrogen and oxygen atoms in total. The maximum atomic E-state index is 12.6. The standard InChI is InChI=1S/C23H25N3O5/c1-4-31-17-7-5-15(6-8-17)20-12-24-13-21(26-20)23(28)25-14-22(27)16-9-18(29-2)11-19(10-16)30-3/h5-13,22,27H,4,14H2,1-3H3,(H,25,28)/t22-/m1/s1. The van der Waals surface area contributed by atoms with Crippen molar-refractivity contribution in [2.45, 2.75) is 13.0 Å². The van der Waals surface area contributed by atoms with E-state index in [-0.39, 0.29) is 12.2 Å². The Labute approximate surface area is 180 Å². The number of hydrogen-bond acceptors (Lipinski definition) is 7. The Morgan fingerprint density at radius 3 is 2.32 bits per heavy atom. The first-order valence-corrected chi connectivity index (χ1v) is 9.78. The molecule has 0 saturated carbocycles. The number of aliphatic hydroxyl groups excluding tert-OH is 1. The van der Waals surface area contributed by atoms with E-state index in [1.165, 1.54) is 20.4 Å². The summed E-state index contributed by atoms with van der Waals surface area (Å²) in [6.07, 6.45) is 2.02. The normalized spacial score (nSPS) is 11.5. The lowest BCUT2D eigenvalue weighted by Crippen LogP contribution is -2.29. The van der Waals surface area contributed by atoms with Crippen molar-refractivity contribution in [3.63, 3.8) is 0 Å². The van der Waals surface area contributed by atoms with E-state index < -0.39 is 12.0 Å². The number of nitrogens with one attached hydrogen (secondary N) is 1. The molecule has 8 heteroatoms. The quantitative estimate of drug-likeness (QED) is 0.545. The van der Waals surface area contributed by atoms with Gasteiger partial charge in [-0.25, -0.2) is 4.98 Å². The molecule has 3 rings (SSSR count). The lowest BCUT2D eigenvalue weighted by Gasteiger charge is -2.15. The summed E-state index contributed by atoms with van der Waals surface area (Å²) < 4.78 is 15.9. The summed E-state index contributed by atoms with van der Waals surface area (Å²) in [4.78, 5) is 21.1. The SMILES string of the molecule is CCOc1ccc(-c2cncc(C(=O)NC[C@@H](O)c3cc(OC)cc(OC)c3)n2)cc1. The summed E-state index contributed by atoms with van der Waals surface area (Å²) in [6, 6.07) is 12.5. The molecule has 0 spiro atoms. The highest BCUT2D eigenvalue weighted by Crippen LogP contribution is 2.26. The highest BCUT2D eigenvalue weighted by atomic mass is 16.5. The number of benzene rings is 2. The van der Waals surface area contributed by atoms with E-state index in [0.717, 1.165) is 11.3 Å². The number of aliphatic hydroxyl groups is 1. The topological polar surface area (TPSA) is 103 Å². The number of methoxy groups -OCH3 is 2. The molecule has 0 fully saturated rings. The molecule has 0 radical (unpaired) electrons. The van der Waals surface area contributed by atoms with Crippen molar-refractivity contribution in [2.24, 2.45) is 0 Å². The largest absolute Gasteiger partial charge is 0.497 e. The Kier molecular flexibility index (Phi) is 7.40. The molecule has 0 saturated heterocycles. The van der Waals surface area contributed by atoms with Crippen LogP contribution in [0, 0.1) is 0 Å². The van der Waals surface area contributed by atoms with Crippen LogP contribution in [0.15, 0.2) is 54.9 Å². The molecule has 0 unspecified atom stereocenters. The zero-order chi connectivity index (χ0) is 22.2. The number of carbonyl (C=O) groups is 1. The highest BCUT2D eigenvalue weighted by Gasteiger charge is 2.15. The number of hydrogen-bond donors (Lipinski definition) is 2. The molecule has 0 aliphatic heterocycles. The lowest BCUT2D eigenvalue weighted by molar-refractivity contribution is 0.0911. The van der Waals surface area contributed by atoms with Crippen molar-refractivity contribution in [2.75, 3.05) is 27.4 Å². The Morgan fingerprint density at radius 2 is 1.71 bits per heavy atom. The first-order valence-electron chi connectivity index (χ1n) is 9.78. The van der Waals surface area contributed by atoms with Crippen molar-refractivity contribution in [1.82, 2.24) is 15.3 Å². The summed E-state index contributed by atoms with van der Waals surface area (Å²) in [7, 11) is 3.06. The van der Waals surface area contributed by atoms with E-state index in [0.29, 0.717) is 29.4 Å². The van der Waals surface area contributed by atoms with E-state index in [4.69, 9.17) is 14.2 Å². The van der Waals surface area contributed by atoms with Crippen LogP contribution in [-0.4, -0.2) is 48.4 Å². The van der Waals surface area contributed by atoms with Crippen LogP contribution >= 0.6 is 0 Å². The molecule has 0 aliphatic rings. The molecule has 31 heavy (non-hydrogen) atoms. The third kappa shape index (κ3) is 5.70. The fourth-order valence-corrected chi connectivity index (χ4v) is 2.92. The van der Waals surface area contributed by atoms with Gasteiger partial charge in [0.05, 0.1) is 45.0 Å². The third-order valence-electron chi connectivity index (χ3n) is 4.54. The van der Waals surface area contributed by atoms with Gasteiger partial charge < -0.3 is 24.6 Å². The molecule has 3 aromatic rings. The van der Waals surface area contributed by atoms with Crippen LogP contribution in [-0.2, 0) is 0 Å². The van der Waals surface area contributed by atoms with Gasteiger partial charge in [-0.05, 0) is 48.9 Å². The summed E-state index contributed by atoms with van der Waals surface area (Å²) in [5, 5.41) is 13.2. The summed E-state index contributed by atoms with van der Waals surface area (Å²) in [5.41, 5.74) is 2.09. The number of amides is 1. The van der Waals surface area contributed by atoms with E-state index in [9.17, 15) is 9.90 Å². The van der Waals surface area contributed by atoms with E-state index in [1.807, 2.05) is 31.2 Å². The Morgan fingerprint density at radius 1 is 1.03 bits per heavy atom. The fourth-order valence-electron chi connectivity index (χ4n) is 2.92. The van der Waals surface area contributed by atoms with Gasteiger partial charge in [0.25, 0.3) is 5.91 Å². The summed E-state index contributed by atoms with van der Waals surface area (Å²) in [6.45, 7) is 2.50. The number of rotatable bonds is 9. The average Bonchev–Trinajstić information content (AvgIpc) is 2.82. The van der Waals surface area contributed by atoms with Gasteiger partial charge in [0.1, 0.15) is 22.9 Å². The van der Waals surface area contributed by atoms with Gasteiger partial charge >= 0.3 is 0 Å². The Hall–Kier alpha value is -3.65. The molecule has 1 amide bonds. The number of carbonyl (C=O) groups excluding carboxylic acids is 1. The van der Waals surface area contributed by atoms with Gasteiger partial charge in [0.2, 0.25) is 0 Å². The van der Waals surface area contributed by atoms with Crippen LogP contribution in [0.25, 0.3) is 11.3 Å². The molecular formula is C23H25N3O5. The second-order valence-corrected chi connectivity index (χ2v) is 6.62. The van der Waals surface area contributed by atoms with Gasteiger partial charge in [0, 0.05) is 18.2 Å². The van der Waals surface area contributed by atoms with Crippen LogP contribution < -0.4 is 19.5 Å². The number of aromatic nitrogens is 2. The van der Waals surface area contributed by atoms with Gasteiger partial charge in [-0.15, -0.1) is 0 Å². The van der Waals surface area contributed by atoms with Crippen molar-refractivity contribution in [3.05, 3.63) is 66.1 Å². The minimum atomic E-state index is -0.949. The number of nitrogens with zero attached hydrogens (tertiary/aromatic N) is 2. The Balaban J connectivity index is 1.68. The smallest absolute Gasteiger partial charge is 0.271 e. The second-order valence-electron chi connectivity index (χ2n) is 6.62. The minimum absolute atomic E-state index is 0.00981. The van der Waals surface area contributed by atoms with Gasteiger partial charge in [-0.3, -0.25) is 9.78 Å². The van der Waals surface area contributed by atoms with Crippen molar-refractivity contribution < 1.29 is 24.1 Å². The predicted octanol–water partition coefficient (Wildman–Crippen LogP) is 3.02. The minimum Gasteiger partial charge on any atom is -0.497 e. The molecular weight excluding hydrogens is 398 g/mol. The molecule has 2 aromatic carbocycles. The molecule has 0 bridgehead atoms. The van der Waals surface area contributed by atoms with Gasteiger partial charge in [-0.1, -0.05) is 0 Å². The van der Waals surface area contributed by atoms with Crippen LogP contribution in [0.4, 0.5) is 0 Å². The Bertz CT molecular complexity index is 1000. The molecule has 1 heterocycles. The van der Waals surface area contributed by atoms with E-state index in [1.54, 1.807) is 24.4 Å². The zero-order valence-corrected chi connectivity index (χ0v) is 17.7. The molecule has 2 N–H and O–H groups in total. The number of ether oxygens (including phenoxy) is 3. The van der Waals surface area contributed by atoms with Gasteiger partial charge in [-0.2, -0.15) is 0 Å². The molecule has 162 valence electrons. The van der Waals surface area contributed by atoms with E-state index in [2.05, 4.69) is 15.3 Å². The fraction of sp³-hybridized carbons (Fsp3) is 0.261. The summed E-state index contributed by atoms with van der Waals surface area (Å²) in [5.74, 6) is 1.42. The average molecular weight is 423 g/mol. The van der Waals surface area contributed by atoms with Gasteiger partial charge in [0.15, 0.2) is 0 Å². The van der Waals surface area contributed by atoms with Crippen LogP contribution in [0.5, 0.6) is 17.2 Å². The molecule has 1 atom stereocenters. The second kappa shape index (κ2) is 10.4.